The Bertz CT molecular complexity index is 456. The Balaban J connectivity index is 2.14. The van der Waals surface area contributed by atoms with E-state index in [9.17, 15) is 0 Å². The summed E-state index contributed by atoms with van der Waals surface area (Å²) in [6.45, 7) is -0.785. The first-order valence-corrected chi connectivity index (χ1v) is 4.47. The van der Waals surface area contributed by atoms with Gasteiger partial charge in [0, 0.05) is 0 Å². The van der Waals surface area contributed by atoms with Gasteiger partial charge in [-0.15, -0.1) is 0 Å². The van der Waals surface area contributed by atoms with Gasteiger partial charge in [-0.3, -0.25) is 0 Å². The molecule has 1 nitrogen and oxygen atoms in total. The molecule has 0 aromatic heterocycles. The molecule has 14 heavy (non-hydrogen) atoms. The normalized spacial score (nSPS) is 14.0. The zero-order chi connectivity index (χ0) is 11.4. The highest BCUT2D eigenvalue weighted by molar-refractivity contribution is 5.22. The molecule has 1 atom stereocenters. The van der Waals surface area contributed by atoms with Crippen molar-refractivity contribution in [1.29, 1.82) is 0 Å². The lowest BCUT2D eigenvalue weighted by molar-refractivity contribution is 0.306. The number of hydrogen-bond acceptors (Lipinski definition) is 1. The van der Waals surface area contributed by atoms with E-state index in [0.29, 0.717) is 11.8 Å². The molecule has 0 aliphatic rings. The molecule has 0 N–H and O–H groups in total. The third kappa shape index (κ3) is 2.36. The van der Waals surface area contributed by atoms with Crippen molar-refractivity contribution in [3.8, 4) is 5.75 Å². The molecule has 2 aromatic carbocycles. The third-order valence-corrected chi connectivity index (χ3v) is 1.80. The fourth-order valence-corrected chi connectivity index (χ4v) is 1.11. The fourth-order valence-electron chi connectivity index (χ4n) is 1.11. The van der Waals surface area contributed by atoms with Crippen LogP contribution in [0.4, 0.5) is 0 Å². The molecule has 0 heterocycles. The van der Waals surface area contributed by atoms with E-state index in [4.69, 9.17) is 7.48 Å². The first-order valence-electron chi connectivity index (χ1n) is 5.54. The van der Waals surface area contributed by atoms with Crippen molar-refractivity contribution < 1.29 is 7.48 Å². The predicted molar refractivity (Wildman–Crippen MR) is 57.2 cm³/mol. The van der Waals surface area contributed by atoms with Gasteiger partial charge in [-0.05, 0) is 17.7 Å². The predicted octanol–water partition coefficient (Wildman–Crippen LogP) is 3.27. The molecule has 1 heteroatoms. The van der Waals surface area contributed by atoms with Crippen LogP contribution in [0, 0.1) is 0 Å². The van der Waals surface area contributed by atoms with Gasteiger partial charge >= 0.3 is 0 Å². The summed E-state index contributed by atoms with van der Waals surface area (Å²) in [5.41, 5.74) is 0.783. The largest absolute Gasteiger partial charge is 0.489 e. The highest BCUT2D eigenvalue weighted by atomic mass is 16.5. The second-order valence-electron chi connectivity index (χ2n) is 2.87. The van der Waals surface area contributed by atoms with Crippen LogP contribution < -0.4 is 4.74 Å². The first kappa shape index (κ1) is 6.66. The van der Waals surface area contributed by atoms with Gasteiger partial charge in [0.05, 0.1) is 2.74 Å². The third-order valence-electron chi connectivity index (χ3n) is 1.80. The lowest BCUT2D eigenvalue weighted by Gasteiger charge is -2.05. The fraction of sp³-hybridized carbons (Fsp3) is 0.0769. The molecule has 0 bridgehead atoms. The minimum atomic E-state index is -0.785. The van der Waals surface area contributed by atoms with Crippen LogP contribution in [0.1, 0.15) is 8.30 Å². The van der Waals surface area contributed by atoms with E-state index in [1.165, 1.54) is 0 Å². The van der Waals surface area contributed by atoms with Crippen molar-refractivity contribution >= 4 is 0 Å². The van der Waals surface area contributed by atoms with Crippen LogP contribution in [0.25, 0.3) is 0 Å². The molecular formula is C13H12O. The molecule has 0 amide bonds. The molecule has 2 aromatic rings. The van der Waals surface area contributed by atoms with Gasteiger partial charge in [0.15, 0.2) is 0 Å². The SMILES string of the molecule is [2H]c1ccccc1OC([2H])c1ccccc1. The second kappa shape index (κ2) is 4.47. The van der Waals surface area contributed by atoms with Crippen molar-refractivity contribution in [1.82, 2.24) is 0 Å². The van der Waals surface area contributed by atoms with Crippen LogP contribution in [0.2, 0.25) is 0 Å². The van der Waals surface area contributed by atoms with E-state index >= 15 is 0 Å². The summed E-state index contributed by atoms with van der Waals surface area (Å²) in [6, 6.07) is 16.5. The topological polar surface area (TPSA) is 9.23 Å². The lowest BCUT2D eigenvalue weighted by Crippen LogP contribution is -1.94. The summed E-state index contributed by atoms with van der Waals surface area (Å²) in [6.07, 6.45) is 0. The van der Waals surface area contributed by atoms with Gasteiger partial charge in [0.25, 0.3) is 0 Å². The van der Waals surface area contributed by atoms with Gasteiger partial charge < -0.3 is 4.74 Å². The summed E-state index contributed by atoms with van der Waals surface area (Å²) < 4.78 is 20.9. The van der Waals surface area contributed by atoms with E-state index < -0.39 is 6.58 Å². The highest BCUT2D eigenvalue weighted by Gasteiger charge is 1.92. The molecule has 0 saturated carbocycles. The van der Waals surface area contributed by atoms with Crippen molar-refractivity contribution in [2.75, 3.05) is 0 Å². The van der Waals surface area contributed by atoms with Crippen LogP contribution in [0.3, 0.4) is 0 Å². The Hall–Kier alpha value is -1.76. The van der Waals surface area contributed by atoms with Crippen LogP contribution in [0.15, 0.2) is 60.6 Å². The summed E-state index contributed by atoms with van der Waals surface area (Å²) in [5, 5.41) is 0. The number of para-hydroxylation sites is 1. The summed E-state index contributed by atoms with van der Waals surface area (Å²) >= 11 is 0. The summed E-state index contributed by atoms with van der Waals surface area (Å²) in [4.78, 5) is 0. The van der Waals surface area contributed by atoms with Crippen LogP contribution in [-0.2, 0) is 6.58 Å². The zero-order valence-electron chi connectivity index (χ0n) is 9.68. The van der Waals surface area contributed by atoms with Crippen LogP contribution >= 0.6 is 0 Å². The van der Waals surface area contributed by atoms with Gasteiger partial charge in [0.1, 0.15) is 12.3 Å². The second-order valence-corrected chi connectivity index (χ2v) is 2.87. The van der Waals surface area contributed by atoms with Crippen molar-refractivity contribution in [3.05, 3.63) is 66.2 Å². The number of rotatable bonds is 3. The molecule has 0 radical (unpaired) electrons. The molecule has 0 fully saturated rings. The molecule has 0 aliphatic heterocycles. The maximum Gasteiger partial charge on any atom is 0.119 e. The van der Waals surface area contributed by atoms with Gasteiger partial charge in [-0.1, -0.05) is 48.5 Å². The summed E-state index contributed by atoms with van der Waals surface area (Å²) in [5.74, 6) is 0.436. The van der Waals surface area contributed by atoms with Crippen molar-refractivity contribution in [2.24, 2.45) is 0 Å². The average molecular weight is 186 g/mol. The van der Waals surface area contributed by atoms with E-state index in [0.717, 1.165) is 5.56 Å². The Morgan fingerprint density at radius 1 is 1.00 bits per heavy atom. The molecule has 0 spiro atoms. The minimum Gasteiger partial charge on any atom is -0.489 e. The number of hydrogen-bond donors (Lipinski definition) is 0. The van der Waals surface area contributed by atoms with Gasteiger partial charge in [-0.25, -0.2) is 0 Å². The standard InChI is InChI=1S/C13H12O/c1-3-7-12(8-4-1)11-14-13-9-5-2-6-10-13/h1-10H,11H2/i9D,11D. The lowest BCUT2D eigenvalue weighted by atomic mass is 10.2. The first-order chi connectivity index (χ1) is 7.77. The van der Waals surface area contributed by atoms with E-state index in [1.54, 1.807) is 24.3 Å². The molecule has 0 aliphatic carbocycles. The van der Waals surface area contributed by atoms with Crippen LogP contribution in [-0.4, -0.2) is 0 Å². The number of benzene rings is 2. The summed E-state index contributed by atoms with van der Waals surface area (Å²) in [7, 11) is 0. The zero-order valence-corrected chi connectivity index (χ0v) is 7.68. The van der Waals surface area contributed by atoms with Gasteiger partial charge in [0.2, 0.25) is 0 Å². The molecule has 2 rings (SSSR count). The Morgan fingerprint density at radius 3 is 2.50 bits per heavy atom. The Kier molecular flexibility index (Phi) is 2.13. The minimum absolute atomic E-state index is 0.302. The van der Waals surface area contributed by atoms with Crippen molar-refractivity contribution in [2.45, 2.75) is 6.58 Å². The Labute approximate surface area is 86.8 Å². The Morgan fingerprint density at radius 2 is 1.71 bits per heavy atom. The maximum absolute atomic E-state index is 7.84. The number of ether oxygens (including phenoxy) is 1. The van der Waals surface area contributed by atoms with Crippen molar-refractivity contribution in [3.63, 3.8) is 0 Å². The smallest absolute Gasteiger partial charge is 0.119 e. The monoisotopic (exact) mass is 186 g/mol. The van der Waals surface area contributed by atoms with E-state index in [-0.39, 0.29) is 0 Å². The highest BCUT2D eigenvalue weighted by Crippen LogP contribution is 2.10. The van der Waals surface area contributed by atoms with Gasteiger partial charge in [-0.2, -0.15) is 0 Å². The molecule has 0 saturated heterocycles. The maximum atomic E-state index is 7.84. The van der Waals surface area contributed by atoms with Crippen LogP contribution in [0.5, 0.6) is 5.75 Å². The molecule has 70 valence electrons. The molecular weight excluding hydrogens is 172 g/mol. The van der Waals surface area contributed by atoms with E-state index in [1.807, 2.05) is 30.3 Å². The van der Waals surface area contributed by atoms with E-state index in [2.05, 4.69) is 0 Å². The average Bonchev–Trinajstić information content (AvgIpc) is 2.33. The molecule has 1 unspecified atom stereocenters. The quantitative estimate of drug-likeness (QED) is 0.714.